The molecule has 0 radical (unpaired) electrons. The standard InChI is InChI=1S/C25H29N3O4/c1-25-8-5-16-17-13-23(31-2)22(29)12-19(17)21(28-32-14-15-6-9-26-10-7-15)11-18(16)20(25)3-4-24(25)27-30/h6-7,9-13,16,18,20,24,28-29H,3-5,8,14H2,1-2H3/t16-,18-,20+,24?,25+/m1/s1. The summed E-state index contributed by atoms with van der Waals surface area (Å²) in [5.41, 5.74) is 7.03. The number of ether oxygens (including phenoxy) is 1. The van der Waals surface area contributed by atoms with E-state index in [0.29, 0.717) is 24.2 Å². The maximum Gasteiger partial charge on any atom is 0.160 e. The third-order valence-corrected chi connectivity index (χ3v) is 7.98. The molecule has 0 saturated heterocycles. The van der Waals surface area contributed by atoms with Gasteiger partial charge in [-0.15, -0.1) is 0 Å². The Morgan fingerprint density at radius 1 is 1.25 bits per heavy atom. The maximum absolute atomic E-state index is 11.5. The molecule has 5 rings (SSSR count). The van der Waals surface area contributed by atoms with Gasteiger partial charge in [-0.05, 0) is 84.2 Å². The first kappa shape index (κ1) is 20.9. The SMILES string of the molecule is COc1cc2c(cc1O)C(NOCc1ccncc1)=C[C@@H]1[C@@H]2CC[C@]2(C)C(N=O)CC[C@@H]12. The van der Waals surface area contributed by atoms with Crippen LogP contribution in [-0.2, 0) is 11.4 Å². The number of allylic oxidation sites excluding steroid dienone is 1. The average Bonchev–Trinajstić information content (AvgIpc) is 3.16. The molecular weight excluding hydrogens is 406 g/mol. The van der Waals surface area contributed by atoms with Crippen LogP contribution in [0.15, 0.2) is 47.9 Å². The minimum atomic E-state index is -0.114. The third-order valence-electron chi connectivity index (χ3n) is 7.98. The van der Waals surface area contributed by atoms with Crippen LogP contribution in [0, 0.1) is 22.2 Å². The van der Waals surface area contributed by atoms with Crippen molar-refractivity contribution < 1.29 is 14.7 Å². The van der Waals surface area contributed by atoms with Crippen molar-refractivity contribution in [2.75, 3.05) is 7.11 Å². The molecule has 168 valence electrons. The van der Waals surface area contributed by atoms with Crippen molar-refractivity contribution >= 4 is 5.70 Å². The summed E-state index contributed by atoms with van der Waals surface area (Å²) in [6.07, 6.45) is 9.54. The second-order valence-corrected chi connectivity index (χ2v) is 9.47. The van der Waals surface area contributed by atoms with Gasteiger partial charge >= 0.3 is 0 Å². The molecule has 2 N–H and O–H groups in total. The Balaban J connectivity index is 1.49. The largest absolute Gasteiger partial charge is 0.504 e. The van der Waals surface area contributed by atoms with Gasteiger partial charge in [0.1, 0.15) is 0 Å². The van der Waals surface area contributed by atoms with Crippen LogP contribution in [0.4, 0.5) is 0 Å². The summed E-state index contributed by atoms with van der Waals surface area (Å²) < 4.78 is 5.42. The monoisotopic (exact) mass is 435 g/mol. The fraction of sp³-hybridized carbons (Fsp3) is 0.480. The van der Waals surface area contributed by atoms with Crippen molar-refractivity contribution in [1.29, 1.82) is 0 Å². The minimum absolute atomic E-state index is 0.0685. The van der Waals surface area contributed by atoms with Gasteiger partial charge in [0.2, 0.25) is 0 Å². The Morgan fingerprint density at radius 2 is 2.06 bits per heavy atom. The second-order valence-electron chi connectivity index (χ2n) is 9.47. The number of pyridine rings is 1. The molecular formula is C25H29N3O4. The number of hydroxylamine groups is 1. The Bertz CT molecular complexity index is 1040. The van der Waals surface area contributed by atoms with Gasteiger partial charge in [0, 0.05) is 18.0 Å². The molecule has 32 heavy (non-hydrogen) atoms. The summed E-state index contributed by atoms with van der Waals surface area (Å²) in [5, 5.41) is 14.0. The van der Waals surface area contributed by atoms with Gasteiger partial charge in [-0.3, -0.25) is 15.3 Å². The van der Waals surface area contributed by atoms with E-state index in [-0.39, 0.29) is 23.1 Å². The average molecular weight is 436 g/mol. The van der Waals surface area contributed by atoms with Crippen molar-refractivity contribution in [1.82, 2.24) is 10.5 Å². The van der Waals surface area contributed by atoms with E-state index in [1.165, 1.54) is 0 Å². The number of phenols is 1. The molecule has 0 amide bonds. The number of nitrogens with zero attached hydrogens (tertiary/aromatic N) is 2. The lowest BCUT2D eigenvalue weighted by Crippen LogP contribution is -2.42. The highest BCUT2D eigenvalue weighted by molar-refractivity contribution is 5.72. The second kappa shape index (κ2) is 8.20. The fourth-order valence-electron chi connectivity index (χ4n) is 6.27. The van der Waals surface area contributed by atoms with Crippen molar-refractivity contribution in [3.05, 3.63) is 64.3 Å². The number of hydrogen-bond donors (Lipinski definition) is 2. The van der Waals surface area contributed by atoms with Gasteiger partial charge in [0.25, 0.3) is 0 Å². The quantitative estimate of drug-likeness (QED) is 0.494. The molecule has 0 bridgehead atoms. The molecule has 3 aliphatic rings. The number of aromatic hydroxyl groups is 1. The Kier molecular flexibility index (Phi) is 5.37. The summed E-state index contributed by atoms with van der Waals surface area (Å²) in [7, 11) is 1.57. The van der Waals surface area contributed by atoms with Crippen LogP contribution in [0.25, 0.3) is 5.70 Å². The molecule has 1 heterocycles. The van der Waals surface area contributed by atoms with Gasteiger partial charge in [0.15, 0.2) is 11.5 Å². The van der Waals surface area contributed by atoms with E-state index < -0.39 is 0 Å². The molecule has 1 aromatic heterocycles. The van der Waals surface area contributed by atoms with Crippen LogP contribution in [0.1, 0.15) is 55.2 Å². The van der Waals surface area contributed by atoms with E-state index in [1.54, 1.807) is 25.6 Å². The van der Waals surface area contributed by atoms with E-state index in [4.69, 9.17) is 9.57 Å². The van der Waals surface area contributed by atoms with Gasteiger partial charge in [-0.25, -0.2) is 0 Å². The zero-order chi connectivity index (χ0) is 22.3. The number of hydrogen-bond acceptors (Lipinski definition) is 7. The Labute approximate surface area is 187 Å². The summed E-state index contributed by atoms with van der Waals surface area (Å²) in [5.74, 6) is 1.56. The number of phenolic OH excluding ortho intramolecular Hbond substituents is 1. The van der Waals surface area contributed by atoms with Crippen molar-refractivity contribution in [3.63, 3.8) is 0 Å². The summed E-state index contributed by atoms with van der Waals surface area (Å²) in [6.45, 7) is 2.63. The van der Waals surface area contributed by atoms with Crippen LogP contribution in [0.5, 0.6) is 11.5 Å². The van der Waals surface area contributed by atoms with E-state index in [0.717, 1.165) is 48.1 Å². The molecule has 5 atom stereocenters. The molecule has 1 aromatic carbocycles. The topological polar surface area (TPSA) is 93.0 Å². The number of benzene rings is 1. The molecule has 7 nitrogen and oxygen atoms in total. The highest BCUT2D eigenvalue weighted by atomic mass is 16.6. The highest BCUT2D eigenvalue weighted by Crippen LogP contribution is 2.61. The highest BCUT2D eigenvalue weighted by Gasteiger charge is 2.55. The summed E-state index contributed by atoms with van der Waals surface area (Å²) in [6, 6.07) is 7.44. The molecule has 2 saturated carbocycles. The lowest BCUT2D eigenvalue weighted by Gasteiger charge is -2.48. The molecule has 2 aromatic rings. The lowest BCUT2D eigenvalue weighted by molar-refractivity contribution is 0.0591. The number of aromatic nitrogens is 1. The number of fused-ring (bicyclic) bond motifs is 5. The van der Waals surface area contributed by atoms with Crippen molar-refractivity contribution in [3.8, 4) is 11.5 Å². The first-order valence-electron chi connectivity index (χ1n) is 11.3. The molecule has 3 aliphatic carbocycles. The predicted molar refractivity (Wildman–Crippen MR) is 121 cm³/mol. The zero-order valence-corrected chi connectivity index (χ0v) is 18.5. The first-order chi connectivity index (χ1) is 15.5. The minimum Gasteiger partial charge on any atom is -0.504 e. The Hall–Kier alpha value is -2.93. The lowest BCUT2D eigenvalue weighted by atomic mass is 9.56. The summed E-state index contributed by atoms with van der Waals surface area (Å²) >= 11 is 0. The third kappa shape index (κ3) is 3.35. The molecule has 7 heteroatoms. The first-order valence-corrected chi connectivity index (χ1v) is 11.3. The van der Waals surface area contributed by atoms with Crippen LogP contribution in [-0.4, -0.2) is 23.2 Å². The van der Waals surface area contributed by atoms with E-state index in [9.17, 15) is 10.0 Å². The van der Waals surface area contributed by atoms with Crippen molar-refractivity contribution in [2.24, 2.45) is 22.4 Å². The zero-order valence-electron chi connectivity index (χ0n) is 18.5. The van der Waals surface area contributed by atoms with Gasteiger partial charge < -0.3 is 9.84 Å². The Morgan fingerprint density at radius 3 is 2.81 bits per heavy atom. The number of nitrogens with one attached hydrogen (secondary N) is 1. The predicted octanol–water partition coefficient (Wildman–Crippen LogP) is 4.92. The van der Waals surface area contributed by atoms with E-state index in [1.807, 2.05) is 18.2 Å². The van der Waals surface area contributed by atoms with E-state index in [2.05, 4.69) is 28.6 Å². The van der Waals surface area contributed by atoms with Crippen LogP contribution >= 0.6 is 0 Å². The van der Waals surface area contributed by atoms with Gasteiger partial charge in [-0.1, -0.05) is 18.2 Å². The van der Waals surface area contributed by atoms with Crippen molar-refractivity contribution in [2.45, 2.75) is 51.2 Å². The van der Waals surface area contributed by atoms with E-state index >= 15 is 0 Å². The molecule has 2 fully saturated rings. The number of rotatable bonds is 6. The smallest absolute Gasteiger partial charge is 0.160 e. The normalized spacial score (nSPS) is 30.5. The molecule has 0 aliphatic heterocycles. The molecule has 0 spiro atoms. The van der Waals surface area contributed by atoms with Crippen LogP contribution < -0.4 is 10.2 Å². The van der Waals surface area contributed by atoms with Gasteiger partial charge in [-0.2, -0.15) is 4.91 Å². The molecule has 1 unspecified atom stereocenters. The summed E-state index contributed by atoms with van der Waals surface area (Å²) in [4.78, 5) is 21.4. The van der Waals surface area contributed by atoms with Crippen LogP contribution in [0.2, 0.25) is 0 Å². The van der Waals surface area contributed by atoms with Gasteiger partial charge in [0.05, 0.1) is 25.5 Å². The van der Waals surface area contributed by atoms with Crippen LogP contribution in [0.3, 0.4) is 0 Å². The number of nitroso groups, excluding NO2 is 1. The fourth-order valence-corrected chi connectivity index (χ4v) is 6.27. The maximum atomic E-state index is 11.5. The number of methoxy groups -OCH3 is 1.